The first kappa shape index (κ1) is 14.1. The number of sulfonamides is 1. The number of nitrogen functional groups attached to an aromatic ring is 1. The third-order valence-corrected chi connectivity index (χ3v) is 6.64. The smallest absolute Gasteiger partial charge is 0.245 e. The van der Waals surface area contributed by atoms with Crippen LogP contribution in [0.15, 0.2) is 23.1 Å². The number of benzene rings is 1. The van der Waals surface area contributed by atoms with Gasteiger partial charge in [0.15, 0.2) is 0 Å². The van der Waals surface area contributed by atoms with Gasteiger partial charge in [0.1, 0.15) is 4.90 Å². The molecule has 2 heterocycles. The van der Waals surface area contributed by atoms with Crippen LogP contribution < -0.4 is 5.73 Å². The van der Waals surface area contributed by atoms with Gasteiger partial charge in [-0.3, -0.25) is 0 Å². The fourth-order valence-corrected chi connectivity index (χ4v) is 5.73. The van der Waals surface area contributed by atoms with Crippen LogP contribution in [-0.4, -0.2) is 36.0 Å². The molecule has 1 aromatic rings. The number of aliphatic hydroxyl groups is 1. The van der Waals surface area contributed by atoms with E-state index in [1.54, 1.807) is 6.07 Å². The zero-order valence-electron chi connectivity index (χ0n) is 10.9. The third-order valence-electron chi connectivity index (χ3n) is 4.15. The minimum absolute atomic E-state index is 0.0625. The number of hydrogen-bond donors (Lipinski definition) is 2. The molecule has 2 fully saturated rings. The van der Waals surface area contributed by atoms with Crippen LogP contribution in [0, 0.1) is 0 Å². The van der Waals surface area contributed by atoms with Gasteiger partial charge in [-0.05, 0) is 43.9 Å². The Morgan fingerprint density at radius 2 is 1.85 bits per heavy atom. The molecular weight excluding hydrogens is 300 g/mol. The maximum absolute atomic E-state index is 12.8. The Morgan fingerprint density at radius 1 is 1.25 bits per heavy atom. The molecule has 2 saturated heterocycles. The number of piperidine rings is 1. The van der Waals surface area contributed by atoms with Gasteiger partial charge in [0.2, 0.25) is 10.0 Å². The molecule has 0 radical (unpaired) electrons. The van der Waals surface area contributed by atoms with Crippen LogP contribution in [0.25, 0.3) is 0 Å². The third kappa shape index (κ3) is 2.20. The molecule has 2 aliphatic heterocycles. The molecule has 2 bridgehead atoms. The molecule has 5 nitrogen and oxygen atoms in total. The summed E-state index contributed by atoms with van der Waals surface area (Å²) in [5.74, 6) is 0. The molecule has 2 atom stereocenters. The summed E-state index contributed by atoms with van der Waals surface area (Å²) >= 11 is 6.03. The van der Waals surface area contributed by atoms with Crippen LogP contribution in [0.5, 0.6) is 0 Å². The lowest BCUT2D eigenvalue weighted by atomic mass is 10.0. The number of fused-ring (bicyclic) bond motifs is 2. The van der Waals surface area contributed by atoms with Gasteiger partial charge in [0.05, 0.1) is 11.1 Å². The zero-order valence-corrected chi connectivity index (χ0v) is 12.4. The molecule has 0 aromatic heterocycles. The molecule has 20 heavy (non-hydrogen) atoms. The Labute approximate surface area is 123 Å². The van der Waals surface area contributed by atoms with E-state index in [4.69, 9.17) is 17.3 Å². The molecule has 7 heteroatoms. The number of hydrogen-bond acceptors (Lipinski definition) is 4. The van der Waals surface area contributed by atoms with E-state index in [0.29, 0.717) is 18.5 Å². The Balaban J connectivity index is 2.03. The molecule has 3 N–H and O–H groups in total. The van der Waals surface area contributed by atoms with Crippen molar-refractivity contribution in [3.05, 3.63) is 23.2 Å². The molecular formula is C13H17ClN2O3S. The first-order valence-electron chi connectivity index (χ1n) is 6.66. The number of nitrogens with two attached hydrogens (primary N) is 1. The minimum Gasteiger partial charge on any atom is -0.399 e. The second kappa shape index (κ2) is 4.87. The van der Waals surface area contributed by atoms with Crippen molar-refractivity contribution >= 4 is 27.3 Å². The van der Waals surface area contributed by atoms with Crippen LogP contribution in [0.3, 0.4) is 0 Å². The first-order chi connectivity index (χ1) is 9.39. The van der Waals surface area contributed by atoms with Crippen molar-refractivity contribution < 1.29 is 13.5 Å². The van der Waals surface area contributed by atoms with E-state index in [1.807, 2.05) is 0 Å². The summed E-state index contributed by atoms with van der Waals surface area (Å²) in [4.78, 5) is 0.0625. The lowest BCUT2D eigenvalue weighted by molar-refractivity contribution is 0.0769. The van der Waals surface area contributed by atoms with Crippen LogP contribution in [-0.2, 0) is 10.0 Å². The van der Waals surface area contributed by atoms with Gasteiger partial charge in [-0.25, -0.2) is 8.42 Å². The van der Waals surface area contributed by atoms with Gasteiger partial charge < -0.3 is 10.8 Å². The summed E-state index contributed by atoms with van der Waals surface area (Å²) in [6.07, 6.45) is 2.17. The Bertz CT molecular complexity index is 621. The average molecular weight is 317 g/mol. The largest absolute Gasteiger partial charge is 0.399 e. The summed E-state index contributed by atoms with van der Waals surface area (Å²) < 4.78 is 27.2. The number of nitrogens with zero attached hydrogens (tertiary/aromatic N) is 1. The van der Waals surface area contributed by atoms with Crippen molar-refractivity contribution in [3.8, 4) is 0 Å². The van der Waals surface area contributed by atoms with Gasteiger partial charge in [-0.2, -0.15) is 4.31 Å². The van der Waals surface area contributed by atoms with Gasteiger partial charge >= 0.3 is 0 Å². The van der Waals surface area contributed by atoms with Crippen molar-refractivity contribution in [3.63, 3.8) is 0 Å². The second-order valence-corrected chi connectivity index (χ2v) is 7.75. The highest BCUT2D eigenvalue weighted by molar-refractivity contribution is 7.89. The van der Waals surface area contributed by atoms with E-state index < -0.39 is 16.1 Å². The number of rotatable bonds is 2. The van der Waals surface area contributed by atoms with Crippen LogP contribution in [0.1, 0.15) is 25.7 Å². The van der Waals surface area contributed by atoms with Gasteiger partial charge in [0.25, 0.3) is 0 Å². The maximum atomic E-state index is 12.8. The van der Waals surface area contributed by atoms with E-state index in [0.717, 1.165) is 12.8 Å². The number of anilines is 1. The highest BCUT2D eigenvalue weighted by atomic mass is 35.5. The molecule has 3 rings (SSSR count). The molecule has 0 amide bonds. The van der Waals surface area contributed by atoms with Crippen LogP contribution >= 0.6 is 11.6 Å². The first-order valence-corrected chi connectivity index (χ1v) is 8.48. The van der Waals surface area contributed by atoms with E-state index in [2.05, 4.69) is 0 Å². The standard InChI is InChI=1S/C13H17ClN2O3S/c14-12-4-1-8(15)5-13(12)20(18,19)16-9-2-3-10(16)7-11(17)6-9/h1,4-5,9-11,17H,2-3,6-7,15H2. The van der Waals surface area contributed by atoms with Crippen molar-refractivity contribution in [1.82, 2.24) is 4.31 Å². The summed E-state index contributed by atoms with van der Waals surface area (Å²) in [5.41, 5.74) is 6.05. The highest BCUT2D eigenvalue weighted by Crippen LogP contribution is 2.41. The number of halogens is 1. The summed E-state index contributed by atoms with van der Waals surface area (Å²) in [7, 11) is -3.66. The zero-order chi connectivity index (χ0) is 14.5. The number of aliphatic hydroxyl groups excluding tert-OH is 1. The van der Waals surface area contributed by atoms with Gasteiger partial charge in [-0.15, -0.1) is 0 Å². The molecule has 0 spiro atoms. The van der Waals surface area contributed by atoms with E-state index >= 15 is 0 Å². The summed E-state index contributed by atoms with van der Waals surface area (Å²) in [6, 6.07) is 4.22. The second-order valence-electron chi connectivity index (χ2n) is 5.54. The van der Waals surface area contributed by atoms with Crippen molar-refractivity contribution in [2.45, 2.75) is 48.8 Å². The predicted octanol–water partition coefficient (Wildman–Crippen LogP) is 1.60. The fourth-order valence-electron chi connectivity index (χ4n) is 3.33. The fraction of sp³-hybridized carbons (Fsp3) is 0.538. The topological polar surface area (TPSA) is 83.6 Å². The average Bonchev–Trinajstić information content (AvgIpc) is 2.66. The minimum atomic E-state index is -3.66. The molecule has 1 aromatic carbocycles. The maximum Gasteiger partial charge on any atom is 0.245 e. The molecule has 0 aliphatic carbocycles. The van der Waals surface area contributed by atoms with Crippen molar-refractivity contribution in [2.24, 2.45) is 0 Å². The Hall–Kier alpha value is -0.820. The molecule has 0 saturated carbocycles. The Kier molecular flexibility index (Phi) is 3.44. The summed E-state index contributed by atoms with van der Waals surface area (Å²) in [6.45, 7) is 0. The highest BCUT2D eigenvalue weighted by Gasteiger charge is 2.47. The molecule has 2 aliphatic rings. The molecule has 110 valence electrons. The van der Waals surface area contributed by atoms with E-state index in [1.165, 1.54) is 16.4 Å². The quantitative estimate of drug-likeness (QED) is 0.812. The normalized spacial score (nSPS) is 30.6. The SMILES string of the molecule is Nc1ccc(Cl)c(S(=O)(=O)N2C3CCC2CC(O)C3)c1. The monoisotopic (exact) mass is 316 g/mol. The van der Waals surface area contributed by atoms with Crippen LogP contribution in [0.2, 0.25) is 5.02 Å². The van der Waals surface area contributed by atoms with Crippen LogP contribution in [0.4, 0.5) is 5.69 Å². The lowest BCUT2D eigenvalue weighted by Crippen LogP contribution is -2.47. The Morgan fingerprint density at radius 3 is 2.45 bits per heavy atom. The van der Waals surface area contributed by atoms with Crippen molar-refractivity contribution in [2.75, 3.05) is 5.73 Å². The predicted molar refractivity (Wildman–Crippen MR) is 76.9 cm³/mol. The lowest BCUT2D eigenvalue weighted by Gasteiger charge is -2.36. The van der Waals surface area contributed by atoms with Crippen molar-refractivity contribution in [1.29, 1.82) is 0 Å². The van der Waals surface area contributed by atoms with Gasteiger partial charge in [0, 0.05) is 17.8 Å². The van der Waals surface area contributed by atoms with Gasteiger partial charge in [-0.1, -0.05) is 11.6 Å². The molecule has 2 unspecified atom stereocenters. The van der Waals surface area contributed by atoms with E-state index in [9.17, 15) is 13.5 Å². The summed E-state index contributed by atoms with van der Waals surface area (Å²) in [5, 5.41) is 9.96. The van der Waals surface area contributed by atoms with E-state index in [-0.39, 0.29) is 22.0 Å².